The van der Waals surface area contributed by atoms with E-state index in [-0.39, 0.29) is 0 Å². The number of H-pyrrole nitrogens is 1. The van der Waals surface area contributed by atoms with Gasteiger partial charge < -0.3 is 14.9 Å². The maximum atomic E-state index is 10.6. The number of rotatable bonds is 4. The van der Waals surface area contributed by atoms with Gasteiger partial charge in [0.15, 0.2) is 0 Å². The van der Waals surface area contributed by atoms with Gasteiger partial charge in [-0.25, -0.2) is 4.98 Å². The van der Waals surface area contributed by atoms with Crippen molar-refractivity contribution in [1.29, 1.82) is 0 Å². The minimum Gasteiger partial charge on any atom is -0.345 e. The highest BCUT2D eigenvalue weighted by molar-refractivity contribution is 7.17. The maximum absolute atomic E-state index is 10.6. The summed E-state index contributed by atoms with van der Waals surface area (Å²) in [6.07, 6.45) is 6.20. The van der Waals surface area contributed by atoms with Crippen molar-refractivity contribution >= 4 is 33.7 Å². The zero-order chi connectivity index (χ0) is 14.9. The maximum Gasteiger partial charge on any atom is 0.211 e. The smallest absolute Gasteiger partial charge is 0.211 e. The number of carbonyl (C=O) groups excluding carboxylic acids is 1. The van der Waals surface area contributed by atoms with E-state index in [1.165, 1.54) is 0 Å². The Morgan fingerprint density at radius 1 is 1.23 bits per heavy atom. The fourth-order valence-corrected chi connectivity index (χ4v) is 3.52. The van der Waals surface area contributed by atoms with Crippen molar-refractivity contribution in [2.24, 2.45) is 0 Å². The van der Waals surface area contributed by atoms with Gasteiger partial charge in [-0.1, -0.05) is 12.1 Å². The van der Waals surface area contributed by atoms with Crippen LogP contribution in [0.5, 0.6) is 0 Å². The highest BCUT2D eigenvalue weighted by Gasteiger charge is 2.09. The normalized spacial score (nSPS) is 10.9. The molecule has 0 saturated heterocycles. The summed E-state index contributed by atoms with van der Waals surface area (Å²) in [6.45, 7) is 0. The Balaban J connectivity index is 1.74. The van der Waals surface area contributed by atoms with Crippen LogP contribution >= 0.6 is 11.3 Å². The minimum atomic E-state index is 0.706. The van der Waals surface area contributed by atoms with Gasteiger partial charge in [0.25, 0.3) is 0 Å². The van der Waals surface area contributed by atoms with E-state index < -0.39 is 0 Å². The molecule has 6 heteroatoms. The molecule has 2 N–H and O–H groups in total. The van der Waals surface area contributed by atoms with Gasteiger partial charge >= 0.3 is 0 Å². The van der Waals surface area contributed by atoms with E-state index in [0.29, 0.717) is 6.41 Å². The van der Waals surface area contributed by atoms with Crippen molar-refractivity contribution < 1.29 is 4.79 Å². The molecule has 0 saturated carbocycles. The first-order chi connectivity index (χ1) is 10.9. The second kappa shape index (κ2) is 5.16. The predicted molar refractivity (Wildman–Crippen MR) is 88.4 cm³/mol. The molecular weight excluding hydrogens is 296 g/mol. The summed E-state index contributed by atoms with van der Waals surface area (Å²) in [7, 11) is 0. The molecule has 0 aliphatic carbocycles. The van der Waals surface area contributed by atoms with Crippen LogP contribution in [0.4, 0.5) is 5.69 Å². The molecule has 0 spiro atoms. The fraction of sp³-hybridized carbons (Fsp3) is 0. The highest BCUT2D eigenvalue weighted by Crippen LogP contribution is 2.33. The lowest BCUT2D eigenvalue weighted by atomic mass is 10.1. The molecule has 1 amide bonds. The first-order valence-corrected chi connectivity index (χ1v) is 7.63. The van der Waals surface area contributed by atoms with Crippen LogP contribution in [0.15, 0.2) is 54.4 Å². The van der Waals surface area contributed by atoms with Crippen molar-refractivity contribution in [3.63, 3.8) is 0 Å². The van der Waals surface area contributed by atoms with Crippen LogP contribution in [0, 0.1) is 0 Å². The third-order valence-corrected chi connectivity index (χ3v) is 4.58. The van der Waals surface area contributed by atoms with E-state index in [1.54, 1.807) is 23.9 Å². The van der Waals surface area contributed by atoms with E-state index in [4.69, 9.17) is 0 Å². The van der Waals surface area contributed by atoms with Crippen LogP contribution < -0.4 is 5.32 Å². The largest absolute Gasteiger partial charge is 0.345 e. The topological polar surface area (TPSA) is 62.7 Å². The average Bonchev–Trinajstić information content (AvgIpc) is 3.26. The Morgan fingerprint density at radius 3 is 2.82 bits per heavy atom. The molecule has 4 rings (SSSR count). The molecule has 0 radical (unpaired) electrons. The number of anilines is 1. The monoisotopic (exact) mass is 308 g/mol. The summed E-state index contributed by atoms with van der Waals surface area (Å²) in [5, 5.41) is 5.73. The van der Waals surface area contributed by atoms with Gasteiger partial charge in [0.2, 0.25) is 6.41 Å². The molecule has 0 unspecified atom stereocenters. The minimum absolute atomic E-state index is 0.706. The molecule has 3 aromatic heterocycles. The Morgan fingerprint density at radius 2 is 2.09 bits per heavy atom. The lowest BCUT2D eigenvalue weighted by Gasteiger charge is -2.05. The lowest BCUT2D eigenvalue weighted by molar-refractivity contribution is -0.105. The van der Waals surface area contributed by atoms with Crippen molar-refractivity contribution in [3.05, 3.63) is 54.4 Å². The first kappa shape index (κ1) is 12.8. The number of hydrogen-bond donors (Lipinski definition) is 2. The Bertz CT molecular complexity index is 919. The van der Waals surface area contributed by atoms with Gasteiger partial charge in [-0.05, 0) is 23.8 Å². The number of nitrogens with zero attached hydrogens (tertiary/aromatic N) is 2. The van der Waals surface area contributed by atoms with Crippen LogP contribution in [-0.2, 0) is 4.79 Å². The number of amides is 1. The van der Waals surface area contributed by atoms with Crippen LogP contribution in [0.25, 0.3) is 27.2 Å². The van der Waals surface area contributed by atoms with E-state index >= 15 is 0 Å². The molecule has 4 aromatic rings. The number of imidazole rings is 1. The molecule has 0 aliphatic rings. The summed E-state index contributed by atoms with van der Waals surface area (Å²) >= 11 is 1.61. The van der Waals surface area contributed by atoms with Crippen molar-refractivity contribution in [2.45, 2.75) is 0 Å². The average molecular weight is 308 g/mol. The first-order valence-electron chi connectivity index (χ1n) is 6.75. The number of hydrogen-bond acceptors (Lipinski definition) is 3. The standard InChI is InChI=1S/C16H12N4OS/c21-10-19-15-8-22-16-13(15)5-6-20(16)12-3-1-11(2-4-12)14-7-17-9-18-14/h1-10H,(H,17,18)(H,19,21). The second-order valence-corrected chi connectivity index (χ2v) is 5.69. The summed E-state index contributed by atoms with van der Waals surface area (Å²) in [4.78, 5) is 18.9. The van der Waals surface area contributed by atoms with Crippen LogP contribution in [-0.4, -0.2) is 20.9 Å². The van der Waals surface area contributed by atoms with Crippen LogP contribution in [0.2, 0.25) is 0 Å². The molecule has 3 heterocycles. The van der Waals surface area contributed by atoms with Gasteiger partial charge in [-0.15, -0.1) is 11.3 Å². The number of carbonyl (C=O) groups is 1. The van der Waals surface area contributed by atoms with Crippen molar-refractivity contribution in [3.8, 4) is 16.9 Å². The number of aromatic nitrogens is 3. The Kier molecular flexibility index (Phi) is 3.01. The Hall–Kier alpha value is -2.86. The van der Waals surface area contributed by atoms with E-state index in [2.05, 4.69) is 44.1 Å². The van der Waals surface area contributed by atoms with E-state index in [0.717, 1.165) is 32.8 Å². The molecule has 0 atom stereocenters. The van der Waals surface area contributed by atoms with Gasteiger partial charge in [0, 0.05) is 22.7 Å². The quantitative estimate of drug-likeness (QED) is 0.565. The SMILES string of the molecule is O=CNc1csc2c1ccn2-c1ccc(-c2cnc[nH]2)cc1. The van der Waals surface area contributed by atoms with Crippen LogP contribution in [0.3, 0.4) is 0 Å². The fourth-order valence-electron chi connectivity index (χ4n) is 2.52. The highest BCUT2D eigenvalue weighted by atomic mass is 32.1. The number of fused-ring (bicyclic) bond motifs is 1. The van der Waals surface area contributed by atoms with Crippen LogP contribution in [0.1, 0.15) is 0 Å². The molecule has 5 nitrogen and oxygen atoms in total. The van der Waals surface area contributed by atoms with E-state index in [1.807, 2.05) is 17.6 Å². The summed E-state index contributed by atoms with van der Waals surface area (Å²) in [5.41, 5.74) is 4.03. The molecule has 0 bridgehead atoms. The zero-order valence-corrected chi connectivity index (χ0v) is 12.3. The molecule has 0 fully saturated rings. The van der Waals surface area contributed by atoms with Gasteiger partial charge in [-0.3, -0.25) is 4.79 Å². The third kappa shape index (κ3) is 2.01. The Labute approximate surface area is 130 Å². The predicted octanol–water partition coefficient (Wildman–Crippen LogP) is 3.65. The van der Waals surface area contributed by atoms with Gasteiger partial charge in [0.05, 0.1) is 23.9 Å². The zero-order valence-electron chi connectivity index (χ0n) is 11.5. The molecule has 0 aliphatic heterocycles. The lowest BCUT2D eigenvalue weighted by Crippen LogP contribution is -1.91. The number of thiophene rings is 1. The summed E-state index contributed by atoms with van der Waals surface area (Å²) in [5.74, 6) is 0. The number of benzene rings is 1. The summed E-state index contributed by atoms with van der Waals surface area (Å²) in [6, 6.07) is 10.3. The van der Waals surface area contributed by atoms with Crippen molar-refractivity contribution in [1.82, 2.24) is 14.5 Å². The second-order valence-electron chi connectivity index (χ2n) is 4.83. The third-order valence-electron chi connectivity index (χ3n) is 3.59. The van der Waals surface area contributed by atoms with E-state index in [9.17, 15) is 4.79 Å². The number of nitrogens with one attached hydrogen (secondary N) is 2. The van der Waals surface area contributed by atoms with Gasteiger partial charge in [0.1, 0.15) is 4.83 Å². The van der Waals surface area contributed by atoms with Gasteiger partial charge in [-0.2, -0.15) is 0 Å². The molecule has 108 valence electrons. The molecule has 1 aromatic carbocycles. The van der Waals surface area contributed by atoms with Crippen molar-refractivity contribution in [2.75, 3.05) is 5.32 Å². The molecule has 22 heavy (non-hydrogen) atoms. The summed E-state index contributed by atoms with van der Waals surface area (Å²) < 4.78 is 2.12. The molecular formula is C16H12N4OS. The number of aromatic amines is 1.